The lowest BCUT2D eigenvalue weighted by Crippen LogP contribution is -2.34. The molecule has 1 saturated heterocycles. The van der Waals surface area contributed by atoms with Crippen LogP contribution in [0.1, 0.15) is 76.4 Å². The van der Waals surface area contributed by atoms with Gasteiger partial charge in [-0.1, -0.05) is 25.2 Å². The Hall–Kier alpha value is -2.97. The third kappa shape index (κ3) is 7.08. The van der Waals surface area contributed by atoms with E-state index in [0.29, 0.717) is 28.8 Å². The summed E-state index contributed by atoms with van der Waals surface area (Å²) in [7, 11) is 1.62. The van der Waals surface area contributed by atoms with E-state index in [2.05, 4.69) is 0 Å². The van der Waals surface area contributed by atoms with E-state index in [1.54, 1.807) is 72.9 Å². The van der Waals surface area contributed by atoms with E-state index in [4.69, 9.17) is 18.9 Å². The van der Waals surface area contributed by atoms with Crippen LogP contribution in [0.2, 0.25) is 0 Å². The van der Waals surface area contributed by atoms with E-state index in [1.165, 1.54) is 11.0 Å². The minimum atomic E-state index is -0.892. The van der Waals surface area contributed by atoms with Gasteiger partial charge in [0.25, 0.3) is 0 Å². The van der Waals surface area contributed by atoms with Crippen molar-refractivity contribution in [2.45, 2.75) is 91.5 Å². The summed E-state index contributed by atoms with van der Waals surface area (Å²) < 4.78 is 23.2. The van der Waals surface area contributed by atoms with Crippen LogP contribution in [0.25, 0.3) is 6.08 Å². The van der Waals surface area contributed by atoms with Crippen molar-refractivity contribution in [1.29, 1.82) is 0 Å². The SMILES string of the molecule is Cc1cc(N(C)C(=O)OC(C)(C)C)cc2c1C(=O)O[C@@H](C)[C@H](C)/C=C\C(=O)[C@@H]1OC(C)(C)O[C@H]1C/C=C/2. The van der Waals surface area contributed by atoms with Crippen LogP contribution >= 0.6 is 0 Å². The highest BCUT2D eigenvalue weighted by Gasteiger charge is 2.43. The molecule has 2 heterocycles. The maximum absolute atomic E-state index is 13.3. The summed E-state index contributed by atoms with van der Waals surface area (Å²) in [6.07, 6.45) is 5.05. The molecule has 2 aliphatic rings. The molecule has 37 heavy (non-hydrogen) atoms. The fraction of sp³-hybridized carbons (Fsp3) is 0.552. The van der Waals surface area contributed by atoms with Crippen molar-refractivity contribution < 1.29 is 33.3 Å². The summed E-state index contributed by atoms with van der Waals surface area (Å²) in [5.41, 5.74) is 1.58. The molecule has 202 valence electrons. The van der Waals surface area contributed by atoms with Crippen LogP contribution < -0.4 is 4.90 Å². The molecule has 0 saturated carbocycles. The number of carbonyl (C=O) groups excluding carboxylic acids is 3. The van der Waals surface area contributed by atoms with Gasteiger partial charge >= 0.3 is 12.1 Å². The van der Waals surface area contributed by atoms with Crippen LogP contribution in [0.4, 0.5) is 10.5 Å². The number of anilines is 1. The van der Waals surface area contributed by atoms with Gasteiger partial charge in [0.2, 0.25) is 0 Å². The number of ether oxygens (including phenoxy) is 4. The topological polar surface area (TPSA) is 91.4 Å². The maximum atomic E-state index is 13.3. The normalized spacial score (nSPS) is 27.8. The Morgan fingerprint density at radius 2 is 1.78 bits per heavy atom. The van der Waals surface area contributed by atoms with Gasteiger partial charge < -0.3 is 18.9 Å². The van der Waals surface area contributed by atoms with E-state index in [9.17, 15) is 14.4 Å². The van der Waals surface area contributed by atoms with Crippen molar-refractivity contribution in [3.05, 3.63) is 47.1 Å². The predicted octanol–water partition coefficient (Wildman–Crippen LogP) is 5.61. The van der Waals surface area contributed by atoms with E-state index >= 15 is 0 Å². The highest BCUT2D eigenvalue weighted by molar-refractivity contribution is 5.98. The Labute approximate surface area is 219 Å². The van der Waals surface area contributed by atoms with Crippen molar-refractivity contribution in [1.82, 2.24) is 0 Å². The molecule has 1 fully saturated rings. The van der Waals surface area contributed by atoms with E-state index in [0.717, 1.165) is 0 Å². The smallest absolute Gasteiger partial charge is 0.414 e. The first-order valence-electron chi connectivity index (χ1n) is 12.6. The third-order valence-corrected chi connectivity index (χ3v) is 6.34. The third-order valence-electron chi connectivity index (χ3n) is 6.34. The zero-order valence-corrected chi connectivity index (χ0v) is 23.3. The fourth-order valence-corrected chi connectivity index (χ4v) is 4.25. The monoisotopic (exact) mass is 513 g/mol. The van der Waals surface area contributed by atoms with Crippen molar-refractivity contribution in [2.75, 3.05) is 11.9 Å². The second-order valence-electron chi connectivity index (χ2n) is 11.2. The molecule has 1 amide bonds. The van der Waals surface area contributed by atoms with Crippen LogP contribution in [0.5, 0.6) is 0 Å². The lowest BCUT2D eigenvalue weighted by atomic mass is 9.97. The van der Waals surface area contributed by atoms with Crippen LogP contribution in [-0.2, 0) is 23.7 Å². The average molecular weight is 514 g/mol. The lowest BCUT2D eigenvalue weighted by molar-refractivity contribution is -0.152. The van der Waals surface area contributed by atoms with E-state index in [-0.39, 0.29) is 11.7 Å². The molecule has 0 aliphatic carbocycles. The molecule has 8 heteroatoms. The molecular weight excluding hydrogens is 474 g/mol. The molecule has 1 aromatic carbocycles. The van der Waals surface area contributed by atoms with Gasteiger partial charge in [-0.25, -0.2) is 9.59 Å². The number of fused-ring (bicyclic) bond motifs is 2. The first kappa shape index (κ1) is 28.6. The molecule has 0 aromatic heterocycles. The standard InChI is InChI=1S/C29H39NO7/c1-17-13-14-22(31)25-23(35-29(7,8)36-25)12-10-11-20-16-21(30(9)27(33)37-28(4,5)6)15-18(2)24(20)26(32)34-19(17)3/h10-11,13-17,19,23,25H,12H2,1-9H3/b11-10+,14-13-/t17-,19+,23+,25+/m1/s1. The number of hydrogen-bond donors (Lipinski definition) is 0. The minimum absolute atomic E-state index is 0.191. The Balaban J connectivity index is 2.04. The second kappa shape index (κ2) is 10.8. The number of carbonyl (C=O) groups is 3. The molecular formula is C29H39NO7. The number of amides is 1. The number of ketones is 1. The number of aryl methyl sites for hydroxylation is 1. The largest absolute Gasteiger partial charge is 0.458 e. The molecule has 0 N–H and O–H groups in total. The molecule has 3 rings (SSSR count). The number of nitrogens with zero attached hydrogens (tertiary/aromatic N) is 1. The molecule has 4 atom stereocenters. The summed E-state index contributed by atoms with van der Waals surface area (Å²) >= 11 is 0. The maximum Gasteiger partial charge on any atom is 0.414 e. The number of rotatable bonds is 1. The molecule has 8 nitrogen and oxygen atoms in total. The highest BCUT2D eigenvalue weighted by atomic mass is 16.8. The predicted molar refractivity (Wildman–Crippen MR) is 141 cm³/mol. The van der Waals surface area contributed by atoms with Crippen LogP contribution in [0.3, 0.4) is 0 Å². The van der Waals surface area contributed by atoms with Crippen molar-refractivity contribution in [3.8, 4) is 0 Å². The number of benzene rings is 1. The first-order valence-corrected chi connectivity index (χ1v) is 12.6. The van der Waals surface area contributed by atoms with Gasteiger partial charge in [0.05, 0.1) is 11.7 Å². The molecule has 0 spiro atoms. The molecule has 1 aromatic rings. The highest BCUT2D eigenvalue weighted by Crippen LogP contribution is 2.32. The Bertz CT molecular complexity index is 1110. The summed E-state index contributed by atoms with van der Waals surface area (Å²) in [5.74, 6) is -1.76. The van der Waals surface area contributed by atoms with Crippen molar-refractivity contribution in [3.63, 3.8) is 0 Å². The molecule has 0 radical (unpaired) electrons. The van der Waals surface area contributed by atoms with Gasteiger partial charge in [-0.05, 0) is 84.2 Å². The van der Waals surface area contributed by atoms with Gasteiger partial charge in [0.15, 0.2) is 11.6 Å². The van der Waals surface area contributed by atoms with Gasteiger partial charge in [-0.3, -0.25) is 9.69 Å². The molecule has 2 aliphatic heterocycles. The Morgan fingerprint density at radius 1 is 1.11 bits per heavy atom. The summed E-state index contributed by atoms with van der Waals surface area (Å²) in [4.78, 5) is 40.3. The zero-order chi connectivity index (χ0) is 27.7. The summed E-state index contributed by atoms with van der Waals surface area (Å²) in [6, 6.07) is 3.52. The second-order valence-corrected chi connectivity index (χ2v) is 11.2. The number of cyclic esters (lactones) is 1. The van der Waals surface area contributed by atoms with Crippen LogP contribution in [-0.4, -0.2) is 54.6 Å². The Morgan fingerprint density at radius 3 is 2.43 bits per heavy atom. The van der Waals surface area contributed by atoms with Gasteiger partial charge in [0, 0.05) is 18.7 Å². The molecule has 0 unspecified atom stereocenters. The van der Waals surface area contributed by atoms with Gasteiger partial charge in [-0.2, -0.15) is 0 Å². The fourth-order valence-electron chi connectivity index (χ4n) is 4.25. The number of esters is 1. The Kier molecular flexibility index (Phi) is 8.34. The first-order chi connectivity index (χ1) is 17.1. The van der Waals surface area contributed by atoms with Gasteiger partial charge in [0.1, 0.15) is 17.8 Å². The van der Waals surface area contributed by atoms with E-state index in [1.807, 2.05) is 19.9 Å². The van der Waals surface area contributed by atoms with Crippen LogP contribution in [0, 0.1) is 12.8 Å². The average Bonchev–Trinajstić information content (AvgIpc) is 3.08. The zero-order valence-electron chi connectivity index (χ0n) is 23.3. The van der Waals surface area contributed by atoms with Crippen molar-refractivity contribution in [2.24, 2.45) is 5.92 Å². The quantitative estimate of drug-likeness (QED) is 0.451. The van der Waals surface area contributed by atoms with Crippen molar-refractivity contribution >= 4 is 29.6 Å². The number of hydrogen-bond acceptors (Lipinski definition) is 7. The summed E-state index contributed by atoms with van der Waals surface area (Å²) in [6.45, 7) is 14.5. The van der Waals surface area contributed by atoms with Gasteiger partial charge in [-0.15, -0.1) is 0 Å². The van der Waals surface area contributed by atoms with E-state index < -0.39 is 41.8 Å². The van der Waals surface area contributed by atoms with Crippen LogP contribution in [0.15, 0.2) is 30.4 Å². The molecule has 0 bridgehead atoms. The lowest BCUT2D eigenvalue weighted by Gasteiger charge is -2.26. The summed E-state index contributed by atoms with van der Waals surface area (Å²) in [5, 5.41) is 0. The minimum Gasteiger partial charge on any atom is -0.458 e.